The Bertz CT molecular complexity index is 3120. The summed E-state index contributed by atoms with van der Waals surface area (Å²) < 4.78 is 13.2. The summed E-state index contributed by atoms with van der Waals surface area (Å²) in [7, 11) is 0. The summed E-state index contributed by atoms with van der Waals surface area (Å²) in [6.07, 6.45) is 8.90. The summed E-state index contributed by atoms with van der Waals surface area (Å²) in [4.78, 5) is 0. The van der Waals surface area contributed by atoms with Crippen LogP contribution in [0.15, 0.2) is 173 Å². The Morgan fingerprint density at radius 3 is 1.75 bits per heavy atom. The molecule has 250 valence electrons. The van der Waals surface area contributed by atoms with Gasteiger partial charge in [0.2, 0.25) is 0 Å². The van der Waals surface area contributed by atoms with Crippen LogP contribution in [0.4, 0.5) is 0 Å². The number of hydrogen-bond donors (Lipinski definition) is 0. The van der Waals surface area contributed by atoms with Crippen molar-refractivity contribution in [3.8, 4) is 33.4 Å². The van der Waals surface area contributed by atoms with Gasteiger partial charge in [-0.1, -0.05) is 140 Å². The van der Waals surface area contributed by atoms with Gasteiger partial charge in [-0.25, -0.2) is 0 Å². The third kappa shape index (κ3) is 4.52. The number of benzene rings is 8. The maximum Gasteiger partial charge on any atom is 0.147 e. The molecule has 2 heteroatoms. The first-order chi connectivity index (χ1) is 26.2. The molecule has 0 spiro atoms. The number of rotatable bonds is 4. The van der Waals surface area contributed by atoms with E-state index in [1.54, 1.807) is 0 Å². The van der Waals surface area contributed by atoms with Crippen molar-refractivity contribution < 1.29 is 8.83 Å². The maximum absolute atomic E-state index is 6.69. The van der Waals surface area contributed by atoms with E-state index in [1.807, 2.05) is 24.3 Å². The fraction of sp³-hybridized carbons (Fsp3) is 0.0588. The first kappa shape index (κ1) is 30.0. The largest absolute Gasteiger partial charge is 0.455 e. The van der Waals surface area contributed by atoms with Gasteiger partial charge in [-0.3, -0.25) is 0 Å². The molecule has 0 saturated carbocycles. The molecule has 2 heterocycles. The van der Waals surface area contributed by atoms with E-state index in [0.717, 1.165) is 67.8 Å². The summed E-state index contributed by atoms with van der Waals surface area (Å²) in [6, 6.07) is 52.6. The second-order valence-corrected chi connectivity index (χ2v) is 14.3. The Labute approximate surface area is 306 Å². The zero-order chi connectivity index (χ0) is 35.0. The number of fused-ring (bicyclic) bond motifs is 9. The van der Waals surface area contributed by atoms with Gasteiger partial charge in [-0.2, -0.15) is 0 Å². The molecule has 10 aromatic rings. The van der Waals surface area contributed by atoms with Crippen molar-refractivity contribution in [2.75, 3.05) is 0 Å². The minimum atomic E-state index is 0.846. The van der Waals surface area contributed by atoms with Crippen molar-refractivity contribution >= 4 is 71.0 Å². The van der Waals surface area contributed by atoms with E-state index in [9.17, 15) is 0 Å². The van der Waals surface area contributed by atoms with E-state index < -0.39 is 0 Å². The van der Waals surface area contributed by atoms with Gasteiger partial charge >= 0.3 is 0 Å². The summed E-state index contributed by atoms with van der Waals surface area (Å²) >= 11 is 0. The molecule has 2 nitrogen and oxygen atoms in total. The smallest absolute Gasteiger partial charge is 0.147 e. The molecular formula is C51H34O2. The molecule has 2 aromatic heterocycles. The van der Waals surface area contributed by atoms with Crippen molar-refractivity contribution in [3.05, 3.63) is 175 Å². The first-order valence-corrected chi connectivity index (χ1v) is 18.5. The molecule has 0 unspecified atom stereocenters. The fourth-order valence-corrected chi connectivity index (χ4v) is 8.93. The summed E-state index contributed by atoms with van der Waals surface area (Å²) in [5, 5.41) is 9.29. The minimum Gasteiger partial charge on any atom is -0.455 e. The van der Waals surface area contributed by atoms with Crippen molar-refractivity contribution in [1.29, 1.82) is 0 Å². The standard InChI is InChI=1S/C51H34O2/c1-31-35(32-15-3-2-4-16-32)25-14-26-36(31)48-40-22-7-5-20-38(40)47(39-21-6-8-23-41(39)48)34-18-13-17-33(29-34)43-30-44-37-19-9-11-27-45(37)52-51(44)49-42-24-10-12-28-46(42)53-50(43)49/h2-3,5-15,17-30H,4,16H2,1H3. The molecule has 0 radical (unpaired) electrons. The van der Waals surface area contributed by atoms with E-state index >= 15 is 0 Å². The highest BCUT2D eigenvalue weighted by Gasteiger charge is 2.23. The lowest BCUT2D eigenvalue weighted by Gasteiger charge is -2.21. The Morgan fingerprint density at radius 1 is 0.453 bits per heavy atom. The van der Waals surface area contributed by atoms with Gasteiger partial charge in [-0.15, -0.1) is 0 Å². The van der Waals surface area contributed by atoms with Gasteiger partial charge in [0.15, 0.2) is 0 Å². The molecule has 0 atom stereocenters. The maximum atomic E-state index is 6.69. The van der Waals surface area contributed by atoms with Crippen molar-refractivity contribution in [1.82, 2.24) is 0 Å². The first-order valence-electron chi connectivity index (χ1n) is 18.5. The predicted octanol–water partition coefficient (Wildman–Crippen LogP) is 14.8. The van der Waals surface area contributed by atoms with Crippen LogP contribution in [0.5, 0.6) is 0 Å². The molecule has 0 fully saturated rings. The molecule has 1 aliphatic carbocycles. The number of allylic oxidation sites excluding steroid dienone is 4. The molecule has 8 aromatic carbocycles. The number of hydrogen-bond acceptors (Lipinski definition) is 2. The average molecular weight is 679 g/mol. The molecule has 0 bridgehead atoms. The molecule has 11 rings (SSSR count). The molecule has 0 N–H and O–H groups in total. The number of para-hydroxylation sites is 2. The third-order valence-electron chi connectivity index (χ3n) is 11.3. The van der Waals surface area contributed by atoms with Crippen LogP contribution in [0.1, 0.15) is 24.0 Å². The highest BCUT2D eigenvalue weighted by Crippen LogP contribution is 2.48. The molecule has 53 heavy (non-hydrogen) atoms. The summed E-state index contributed by atoms with van der Waals surface area (Å²) in [6.45, 7) is 2.30. The van der Waals surface area contributed by atoms with Crippen LogP contribution < -0.4 is 0 Å². The van der Waals surface area contributed by atoms with Crippen LogP contribution in [0.3, 0.4) is 0 Å². The van der Waals surface area contributed by atoms with Crippen molar-refractivity contribution in [2.24, 2.45) is 0 Å². The lowest BCUT2D eigenvalue weighted by Crippen LogP contribution is -1.96. The van der Waals surface area contributed by atoms with Crippen LogP contribution >= 0.6 is 0 Å². The van der Waals surface area contributed by atoms with E-state index in [0.29, 0.717) is 0 Å². The van der Waals surface area contributed by atoms with Gasteiger partial charge in [0, 0.05) is 21.7 Å². The predicted molar refractivity (Wildman–Crippen MR) is 223 cm³/mol. The minimum absolute atomic E-state index is 0.846. The normalized spacial score (nSPS) is 13.3. The summed E-state index contributed by atoms with van der Waals surface area (Å²) in [5.41, 5.74) is 14.7. The lowest BCUT2D eigenvalue weighted by molar-refractivity contribution is 0.663. The molecule has 1 aliphatic rings. The van der Waals surface area contributed by atoms with Crippen LogP contribution in [0.25, 0.3) is 104 Å². The third-order valence-corrected chi connectivity index (χ3v) is 11.3. The zero-order valence-electron chi connectivity index (χ0n) is 29.3. The second kappa shape index (κ2) is 11.7. The topological polar surface area (TPSA) is 26.3 Å². The van der Waals surface area contributed by atoms with Crippen LogP contribution in [-0.2, 0) is 0 Å². The van der Waals surface area contributed by atoms with E-state index in [1.165, 1.54) is 60.5 Å². The Morgan fingerprint density at radius 2 is 1.04 bits per heavy atom. The quantitative estimate of drug-likeness (QED) is 0.173. The summed E-state index contributed by atoms with van der Waals surface area (Å²) in [5.74, 6) is 0. The lowest BCUT2D eigenvalue weighted by atomic mass is 9.82. The van der Waals surface area contributed by atoms with Crippen LogP contribution in [-0.4, -0.2) is 0 Å². The average Bonchev–Trinajstić information content (AvgIpc) is 3.79. The Balaban J connectivity index is 1.18. The second-order valence-electron chi connectivity index (χ2n) is 14.3. The SMILES string of the molecule is Cc1c(C2=CC=CCC2)cccc1-c1c2ccccc2c(-c2cccc(-c3cc4c5ccccc5oc4c4c3oc3ccccc34)c2)c2ccccc12. The van der Waals surface area contributed by atoms with Gasteiger partial charge in [-0.05, 0) is 110 Å². The van der Waals surface area contributed by atoms with Crippen LogP contribution in [0.2, 0.25) is 0 Å². The van der Waals surface area contributed by atoms with Gasteiger partial charge in [0.1, 0.15) is 22.3 Å². The highest BCUT2D eigenvalue weighted by molar-refractivity contribution is 6.26. The molecular weight excluding hydrogens is 645 g/mol. The van der Waals surface area contributed by atoms with Crippen LogP contribution in [0, 0.1) is 6.92 Å². The van der Waals surface area contributed by atoms with E-state index in [4.69, 9.17) is 8.83 Å². The monoisotopic (exact) mass is 678 g/mol. The van der Waals surface area contributed by atoms with E-state index in [2.05, 4.69) is 146 Å². The van der Waals surface area contributed by atoms with Gasteiger partial charge in [0.25, 0.3) is 0 Å². The molecule has 0 saturated heterocycles. The van der Waals surface area contributed by atoms with E-state index in [-0.39, 0.29) is 0 Å². The highest BCUT2D eigenvalue weighted by atomic mass is 16.3. The number of furan rings is 2. The Hall–Kier alpha value is -6.64. The van der Waals surface area contributed by atoms with Gasteiger partial charge < -0.3 is 8.83 Å². The molecule has 0 aliphatic heterocycles. The van der Waals surface area contributed by atoms with Crippen molar-refractivity contribution in [2.45, 2.75) is 19.8 Å². The fourth-order valence-electron chi connectivity index (χ4n) is 8.93. The Kier molecular flexibility index (Phi) is 6.63. The zero-order valence-corrected chi connectivity index (χ0v) is 29.3. The van der Waals surface area contributed by atoms with Gasteiger partial charge in [0.05, 0.1) is 5.39 Å². The van der Waals surface area contributed by atoms with Crippen molar-refractivity contribution in [3.63, 3.8) is 0 Å². The molecule has 0 amide bonds.